The number of hydrogen-bond acceptors (Lipinski definition) is 3. The summed E-state index contributed by atoms with van der Waals surface area (Å²) in [6.45, 7) is 6.83. The molecule has 0 unspecified atom stereocenters. The van der Waals surface area contributed by atoms with Gasteiger partial charge in [0, 0.05) is 16.8 Å². The third-order valence-electron chi connectivity index (χ3n) is 7.40. The fourth-order valence-electron chi connectivity index (χ4n) is 5.41. The van der Waals surface area contributed by atoms with Crippen LogP contribution in [-0.2, 0) is 5.41 Å². The highest BCUT2D eigenvalue weighted by Gasteiger charge is 2.23. The van der Waals surface area contributed by atoms with Gasteiger partial charge in [-0.2, -0.15) is 0 Å². The van der Waals surface area contributed by atoms with Crippen molar-refractivity contribution < 1.29 is 0 Å². The van der Waals surface area contributed by atoms with E-state index >= 15 is 0 Å². The second-order valence-corrected chi connectivity index (χ2v) is 12.2. The Balaban J connectivity index is 1.46. The largest absolute Gasteiger partial charge is 0.276 e. The summed E-state index contributed by atoms with van der Waals surface area (Å²) in [7, 11) is 0. The maximum absolute atomic E-state index is 5.24. The van der Waals surface area contributed by atoms with Gasteiger partial charge in [0.25, 0.3) is 0 Å². The summed E-state index contributed by atoms with van der Waals surface area (Å²) in [4.78, 5) is 11.3. The summed E-state index contributed by atoms with van der Waals surface area (Å²) in [6.07, 6.45) is 0. The molecule has 7 aromatic rings. The Morgan fingerprint density at radius 1 is 0.600 bits per heavy atom. The lowest BCUT2D eigenvalue weighted by molar-refractivity contribution is 0.596. The standard InChI is InChI=1S/C36H29N3S/c1-36(2,3)31-23-28(22-27-16-10-11-17-30(27)31)32-37-35-33(38-34(40-35)26-14-8-5-9-15-26)39(32)29-20-18-25(19-21-29)24-12-6-4-7-13-24/h4-23H,1-3H3. The van der Waals surface area contributed by atoms with Crippen molar-refractivity contribution in [1.82, 2.24) is 14.5 Å². The first-order valence-electron chi connectivity index (χ1n) is 13.6. The first-order chi connectivity index (χ1) is 19.5. The van der Waals surface area contributed by atoms with Crippen LogP contribution in [0.2, 0.25) is 0 Å². The van der Waals surface area contributed by atoms with Crippen LogP contribution in [-0.4, -0.2) is 14.5 Å². The smallest absolute Gasteiger partial charge is 0.177 e. The molecule has 3 nitrogen and oxygen atoms in total. The zero-order chi connectivity index (χ0) is 27.3. The van der Waals surface area contributed by atoms with Crippen LogP contribution in [0, 0.1) is 0 Å². The minimum absolute atomic E-state index is 0.0134. The first kappa shape index (κ1) is 24.5. The maximum atomic E-state index is 5.24. The zero-order valence-corrected chi connectivity index (χ0v) is 23.6. The van der Waals surface area contributed by atoms with E-state index in [9.17, 15) is 0 Å². The third kappa shape index (κ3) is 4.31. The molecule has 4 heteroatoms. The van der Waals surface area contributed by atoms with Crippen molar-refractivity contribution in [3.63, 3.8) is 0 Å². The molecule has 40 heavy (non-hydrogen) atoms. The number of thiazole rings is 1. The molecule has 2 aromatic heterocycles. The Labute approximate surface area is 238 Å². The predicted octanol–water partition coefficient (Wildman–Crippen LogP) is 9.93. The molecule has 0 saturated heterocycles. The van der Waals surface area contributed by atoms with E-state index in [0.717, 1.165) is 38.1 Å². The summed E-state index contributed by atoms with van der Waals surface area (Å²) >= 11 is 1.65. The molecule has 0 atom stereocenters. The highest BCUT2D eigenvalue weighted by atomic mass is 32.1. The van der Waals surface area contributed by atoms with Crippen LogP contribution in [0.15, 0.2) is 121 Å². The highest BCUT2D eigenvalue weighted by molar-refractivity contribution is 7.21. The summed E-state index contributed by atoms with van der Waals surface area (Å²) in [5, 5.41) is 3.49. The van der Waals surface area contributed by atoms with Crippen molar-refractivity contribution in [3.8, 4) is 38.8 Å². The lowest BCUT2D eigenvalue weighted by Crippen LogP contribution is -2.12. The lowest BCUT2D eigenvalue weighted by Gasteiger charge is -2.23. The van der Waals surface area contributed by atoms with Crippen molar-refractivity contribution in [3.05, 3.63) is 127 Å². The van der Waals surface area contributed by atoms with E-state index in [1.807, 2.05) is 12.1 Å². The molecule has 5 aromatic carbocycles. The van der Waals surface area contributed by atoms with Crippen LogP contribution in [0.3, 0.4) is 0 Å². The Bertz CT molecular complexity index is 1960. The number of benzene rings is 5. The summed E-state index contributed by atoms with van der Waals surface area (Å²) in [5.41, 5.74) is 7.84. The number of rotatable bonds is 4. The van der Waals surface area contributed by atoms with Gasteiger partial charge in [0.15, 0.2) is 10.5 Å². The molecule has 0 spiro atoms. The average molecular weight is 536 g/mol. The van der Waals surface area contributed by atoms with Gasteiger partial charge >= 0.3 is 0 Å². The summed E-state index contributed by atoms with van der Waals surface area (Å²) in [5.74, 6) is 0.914. The molecule has 194 valence electrons. The molecule has 7 rings (SSSR count). The van der Waals surface area contributed by atoms with Gasteiger partial charge in [-0.05, 0) is 57.1 Å². The normalized spacial score (nSPS) is 11.9. The maximum Gasteiger partial charge on any atom is 0.177 e. The molecule has 0 amide bonds. The van der Waals surface area contributed by atoms with E-state index in [2.05, 4.69) is 135 Å². The molecule has 0 radical (unpaired) electrons. The topological polar surface area (TPSA) is 30.7 Å². The van der Waals surface area contributed by atoms with Gasteiger partial charge in [-0.15, -0.1) is 0 Å². The van der Waals surface area contributed by atoms with E-state index in [-0.39, 0.29) is 5.41 Å². The van der Waals surface area contributed by atoms with Crippen molar-refractivity contribution in [2.45, 2.75) is 26.2 Å². The van der Waals surface area contributed by atoms with Gasteiger partial charge in [-0.1, -0.05) is 129 Å². The molecule has 0 N–H and O–H groups in total. The number of nitrogens with zero attached hydrogens (tertiary/aromatic N) is 3. The predicted molar refractivity (Wildman–Crippen MR) is 169 cm³/mol. The third-order valence-corrected chi connectivity index (χ3v) is 8.39. The molecule has 0 aliphatic heterocycles. The van der Waals surface area contributed by atoms with Crippen molar-refractivity contribution in [1.29, 1.82) is 0 Å². The quantitative estimate of drug-likeness (QED) is 0.224. The average Bonchev–Trinajstić information content (AvgIpc) is 3.56. The number of fused-ring (bicyclic) bond motifs is 2. The molecule has 2 heterocycles. The SMILES string of the molecule is CC(C)(C)c1cc(-c2nc3sc(-c4ccccc4)nc3n2-c2ccc(-c3ccccc3)cc2)cc2ccccc12. The molecule has 0 aliphatic carbocycles. The molecule has 0 aliphatic rings. The van der Waals surface area contributed by atoms with Gasteiger partial charge in [0.05, 0.1) is 0 Å². The van der Waals surface area contributed by atoms with E-state index in [0.29, 0.717) is 0 Å². The fraction of sp³-hybridized carbons (Fsp3) is 0.111. The van der Waals surface area contributed by atoms with E-state index in [1.165, 1.54) is 27.5 Å². The lowest BCUT2D eigenvalue weighted by atomic mass is 9.82. The summed E-state index contributed by atoms with van der Waals surface area (Å²) in [6, 6.07) is 42.8. The molecule has 0 fully saturated rings. The van der Waals surface area contributed by atoms with Gasteiger partial charge < -0.3 is 0 Å². The minimum atomic E-state index is -0.0134. The van der Waals surface area contributed by atoms with E-state index in [1.54, 1.807) is 11.3 Å². The fourth-order valence-corrected chi connectivity index (χ4v) is 6.33. The highest BCUT2D eigenvalue weighted by Crippen LogP contribution is 2.39. The van der Waals surface area contributed by atoms with Crippen LogP contribution in [0.25, 0.3) is 60.0 Å². The first-order valence-corrected chi connectivity index (χ1v) is 14.4. The molecular weight excluding hydrogens is 506 g/mol. The number of imidazole rings is 1. The van der Waals surface area contributed by atoms with Crippen molar-refractivity contribution in [2.24, 2.45) is 0 Å². The van der Waals surface area contributed by atoms with Crippen LogP contribution in [0.5, 0.6) is 0 Å². The van der Waals surface area contributed by atoms with Gasteiger partial charge in [-0.3, -0.25) is 4.57 Å². The van der Waals surface area contributed by atoms with Gasteiger partial charge in [0.2, 0.25) is 0 Å². The number of hydrogen-bond donors (Lipinski definition) is 0. The molecule has 0 bridgehead atoms. The monoisotopic (exact) mass is 535 g/mol. The Kier molecular flexibility index (Phi) is 5.87. The zero-order valence-electron chi connectivity index (χ0n) is 22.8. The van der Waals surface area contributed by atoms with Crippen LogP contribution in [0.4, 0.5) is 0 Å². The van der Waals surface area contributed by atoms with E-state index < -0.39 is 0 Å². The van der Waals surface area contributed by atoms with Crippen LogP contribution >= 0.6 is 11.3 Å². The van der Waals surface area contributed by atoms with E-state index in [4.69, 9.17) is 9.97 Å². The second-order valence-electron chi connectivity index (χ2n) is 11.2. The Morgan fingerprint density at radius 2 is 1.23 bits per heavy atom. The van der Waals surface area contributed by atoms with Gasteiger partial charge in [0.1, 0.15) is 10.8 Å². The minimum Gasteiger partial charge on any atom is -0.276 e. The Hall–Kier alpha value is -4.54. The van der Waals surface area contributed by atoms with Crippen molar-refractivity contribution >= 4 is 32.6 Å². The van der Waals surface area contributed by atoms with Crippen LogP contribution < -0.4 is 0 Å². The van der Waals surface area contributed by atoms with Crippen molar-refractivity contribution in [2.75, 3.05) is 0 Å². The second kappa shape index (κ2) is 9.58. The van der Waals surface area contributed by atoms with Gasteiger partial charge in [-0.25, -0.2) is 9.97 Å². The molecular formula is C36H29N3S. The van der Waals surface area contributed by atoms with Crippen LogP contribution in [0.1, 0.15) is 26.3 Å². The number of aromatic nitrogens is 3. The summed E-state index contributed by atoms with van der Waals surface area (Å²) < 4.78 is 2.23. The molecule has 0 saturated carbocycles. The Morgan fingerprint density at radius 3 is 1.93 bits per heavy atom.